The third-order valence-corrected chi connectivity index (χ3v) is 12.6. The number of rotatable bonds is 5. The van der Waals surface area contributed by atoms with Gasteiger partial charge in [-0.25, -0.2) is 15.0 Å². The van der Waals surface area contributed by atoms with E-state index in [1.165, 1.54) is 44.5 Å². The Kier molecular flexibility index (Phi) is 8.07. The first-order chi connectivity index (χ1) is 30.2. The second-order valence-electron chi connectivity index (χ2n) is 15.9. The molecule has 61 heavy (non-hydrogen) atoms. The second-order valence-corrected chi connectivity index (χ2v) is 15.9. The van der Waals surface area contributed by atoms with Gasteiger partial charge in [0.2, 0.25) is 0 Å². The zero-order valence-electron chi connectivity index (χ0n) is 33.2. The lowest BCUT2D eigenvalue weighted by Gasteiger charge is -2.34. The van der Waals surface area contributed by atoms with Crippen molar-refractivity contribution < 1.29 is 0 Å². The van der Waals surface area contributed by atoms with Crippen molar-refractivity contribution in [1.29, 1.82) is 0 Å². The fourth-order valence-electron chi connectivity index (χ4n) is 9.76. The van der Waals surface area contributed by atoms with Gasteiger partial charge in [-0.3, -0.25) is 0 Å². The lowest BCUT2D eigenvalue weighted by atomic mass is 9.67. The molecular formula is C58H37N3. The van der Waals surface area contributed by atoms with Gasteiger partial charge < -0.3 is 0 Å². The van der Waals surface area contributed by atoms with Crippen LogP contribution in [0.1, 0.15) is 22.3 Å². The molecule has 0 atom stereocenters. The van der Waals surface area contributed by atoms with Crippen LogP contribution in [0.2, 0.25) is 0 Å². The molecule has 1 aromatic heterocycles. The molecule has 10 aromatic rings. The fourth-order valence-corrected chi connectivity index (χ4v) is 9.76. The molecule has 6 bridgehead atoms. The molecule has 0 saturated carbocycles. The minimum atomic E-state index is -0.573. The predicted octanol–water partition coefficient (Wildman–Crippen LogP) is 14.2. The molecular weight excluding hydrogens is 739 g/mol. The molecule has 1 aliphatic heterocycles. The summed E-state index contributed by atoms with van der Waals surface area (Å²) in [6.07, 6.45) is 0. The molecule has 2 aliphatic rings. The summed E-state index contributed by atoms with van der Waals surface area (Å²) in [6, 6.07) is 80.9. The Labute approximate surface area is 355 Å². The van der Waals surface area contributed by atoms with Gasteiger partial charge in [0.25, 0.3) is 0 Å². The van der Waals surface area contributed by atoms with Crippen molar-refractivity contribution in [2.24, 2.45) is 0 Å². The second kappa shape index (κ2) is 14.1. The fraction of sp³-hybridized carbons (Fsp3) is 0.0172. The summed E-state index contributed by atoms with van der Waals surface area (Å²) < 4.78 is 0. The Morgan fingerprint density at radius 3 is 1.30 bits per heavy atom. The third-order valence-electron chi connectivity index (χ3n) is 12.6. The molecule has 3 heteroatoms. The average molecular weight is 776 g/mol. The van der Waals surface area contributed by atoms with Crippen LogP contribution in [0, 0.1) is 0 Å². The maximum absolute atomic E-state index is 5.37. The maximum atomic E-state index is 5.37. The summed E-state index contributed by atoms with van der Waals surface area (Å²) in [5.74, 6) is 1.92. The van der Waals surface area contributed by atoms with Crippen LogP contribution < -0.4 is 0 Å². The van der Waals surface area contributed by atoms with E-state index in [9.17, 15) is 0 Å². The topological polar surface area (TPSA) is 38.7 Å². The van der Waals surface area contributed by atoms with Crippen LogP contribution in [0.3, 0.4) is 0 Å². The highest BCUT2D eigenvalue weighted by atomic mass is 15.0. The van der Waals surface area contributed by atoms with Crippen LogP contribution in [-0.4, -0.2) is 15.0 Å². The van der Waals surface area contributed by atoms with Gasteiger partial charge in [0.15, 0.2) is 17.5 Å². The van der Waals surface area contributed by atoms with E-state index >= 15 is 0 Å². The summed E-state index contributed by atoms with van der Waals surface area (Å²) in [4.78, 5) is 16.0. The zero-order chi connectivity index (χ0) is 40.3. The van der Waals surface area contributed by atoms with Gasteiger partial charge >= 0.3 is 0 Å². The van der Waals surface area contributed by atoms with Gasteiger partial charge in [-0.15, -0.1) is 0 Å². The average Bonchev–Trinajstić information content (AvgIpc) is 3.65. The van der Waals surface area contributed by atoms with E-state index in [0.717, 1.165) is 50.1 Å². The first kappa shape index (κ1) is 35.0. The molecule has 0 N–H and O–H groups in total. The maximum Gasteiger partial charge on any atom is 0.164 e. The van der Waals surface area contributed by atoms with Crippen LogP contribution in [0.15, 0.2) is 224 Å². The van der Waals surface area contributed by atoms with E-state index < -0.39 is 5.41 Å². The first-order valence-corrected chi connectivity index (χ1v) is 20.8. The van der Waals surface area contributed by atoms with Gasteiger partial charge in [-0.05, 0) is 90.0 Å². The standard InChI is InChI=1S/C58H37N3/c1-4-14-38(15-5-1)39-26-28-40(29-27-39)41-30-32-42(33-31-41)55-59-56-45-17-12-16-43(36-45)48-22-10-11-23-49(48)44-34-35-52-51(37-44)54-50(57(60-55)61-56)24-13-25-53(54)58(52,46-18-6-2-7-19-46)47-20-8-3-9-21-47/h1-37H. The van der Waals surface area contributed by atoms with Crippen molar-refractivity contribution in [3.8, 4) is 89.8 Å². The number of fused-ring (bicyclic) bond motifs is 10. The zero-order valence-corrected chi connectivity index (χ0v) is 33.2. The Balaban J connectivity index is 1.09. The quantitative estimate of drug-likeness (QED) is 0.175. The van der Waals surface area contributed by atoms with Gasteiger partial charge in [-0.1, -0.05) is 212 Å². The molecule has 1 aliphatic carbocycles. The van der Waals surface area contributed by atoms with Gasteiger partial charge in [-0.2, -0.15) is 0 Å². The normalized spacial score (nSPS) is 12.7. The number of hydrogen-bond acceptors (Lipinski definition) is 3. The molecule has 0 unspecified atom stereocenters. The Morgan fingerprint density at radius 1 is 0.246 bits per heavy atom. The monoisotopic (exact) mass is 775 g/mol. The summed E-state index contributed by atoms with van der Waals surface area (Å²) in [5, 5.41) is 0. The van der Waals surface area contributed by atoms with E-state index in [0.29, 0.717) is 17.5 Å². The van der Waals surface area contributed by atoms with E-state index in [1.54, 1.807) is 0 Å². The van der Waals surface area contributed by atoms with Crippen molar-refractivity contribution >= 4 is 0 Å². The van der Waals surface area contributed by atoms with Crippen LogP contribution in [0.5, 0.6) is 0 Å². The number of nitrogens with zero attached hydrogens (tertiary/aromatic N) is 3. The molecule has 0 fully saturated rings. The lowest BCUT2D eigenvalue weighted by molar-refractivity contribution is 0.768. The van der Waals surface area contributed by atoms with Gasteiger partial charge in [0, 0.05) is 16.7 Å². The highest BCUT2D eigenvalue weighted by Gasteiger charge is 2.47. The molecule has 2 heterocycles. The van der Waals surface area contributed by atoms with Gasteiger partial charge in [0.05, 0.1) is 5.41 Å². The molecule has 0 saturated heterocycles. The number of aromatic nitrogens is 3. The van der Waals surface area contributed by atoms with E-state index in [4.69, 9.17) is 15.0 Å². The minimum Gasteiger partial charge on any atom is -0.208 e. The van der Waals surface area contributed by atoms with E-state index in [-0.39, 0.29) is 0 Å². The first-order valence-electron chi connectivity index (χ1n) is 20.8. The van der Waals surface area contributed by atoms with Crippen molar-refractivity contribution in [3.63, 3.8) is 0 Å². The molecule has 284 valence electrons. The summed E-state index contributed by atoms with van der Waals surface area (Å²) in [7, 11) is 0. The van der Waals surface area contributed by atoms with Crippen LogP contribution in [0.25, 0.3) is 89.8 Å². The molecule has 3 nitrogen and oxygen atoms in total. The van der Waals surface area contributed by atoms with E-state index in [2.05, 4.69) is 224 Å². The summed E-state index contributed by atoms with van der Waals surface area (Å²) in [6.45, 7) is 0. The van der Waals surface area contributed by atoms with Crippen molar-refractivity contribution in [2.75, 3.05) is 0 Å². The molecule has 12 rings (SSSR count). The SMILES string of the molecule is c1ccc(-c2ccc(-c3ccc(-c4nc5nc(n4)-c4cccc6c4-c4cc(ccc4C6(c4ccccc4)c4ccccc4)-c4ccccc4-c4cccc-5c4)cc3)cc2)cc1. The highest BCUT2D eigenvalue weighted by Crippen LogP contribution is 2.59. The van der Waals surface area contributed by atoms with Crippen LogP contribution in [0.4, 0.5) is 0 Å². The summed E-state index contributed by atoms with van der Waals surface area (Å²) >= 11 is 0. The Hall–Kier alpha value is -8.01. The summed E-state index contributed by atoms with van der Waals surface area (Å²) in [5.41, 5.74) is 18.8. The van der Waals surface area contributed by atoms with Crippen LogP contribution in [-0.2, 0) is 5.41 Å². The molecule has 0 spiro atoms. The van der Waals surface area contributed by atoms with Crippen molar-refractivity contribution in [3.05, 3.63) is 247 Å². The van der Waals surface area contributed by atoms with E-state index in [1.807, 2.05) is 0 Å². The van der Waals surface area contributed by atoms with Crippen LogP contribution >= 0.6 is 0 Å². The van der Waals surface area contributed by atoms with Crippen molar-refractivity contribution in [1.82, 2.24) is 15.0 Å². The highest BCUT2D eigenvalue weighted by molar-refractivity contribution is 5.97. The Bertz CT molecular complexity index is 3230. The predicted molar refractivity (Wildman–Crippen MR) is 249 cm³/mol. The number of benzene rings is 9. The Morgan fingerprint density at radius 2 is 0.672 bits per heavy atom. The largest absolute Gasteiger partial charge is 0.208 e. The minimum absolute atomic E-state index is 0.573. The van der Waals surface area contributed by atoms with Gasteiger partial charge in [0.1, 0.15) is 0 Å². The molecule has 9 aromatic carbocycles. The lowest BCUT2D eigenvalue weighted by Crippen LogP contribution is -2.28. The molecule has 0 radical (unpaired) electrons. The third kappa shape index (κ3) is 5.62. The number of hydrogen-bond donors (Lipinski definition) is 0. The van der Waals surface area contributed by atoms with Crippen molar-refractivity contribution in [2.45, 2.75) is 5.41 Å². The molecule has 0 amide bonds. The smallest absolute Gasteiger partial charge is 0.164 e.